The fraction of sp³-hybridized carbons (Fsp3) is 0.158. The van der Waals surface area contributed by atoms with Crippen LogP contribution in [0.3, 0.4) is 0 Å². The number of amides is 1. The summed E-state index contributed by atoms with van der Waals surface area (Å²) < 4.78 is 31.8. The van der Waals surface area contributed by atoms with E-state index in [0.29, 0.717) is 11.3 Å². The highest BCUT2D eigenvalue weighted by atomic mass is 19.1. The highest BCUT2D eigenvalue weighted by molar-refractivity contribution is 6.07. The summed E-state index contributed by atoms with van der Waals surface area (Å²) in [5.41, 5.74) is 0.437. The summed E-state index contributed by atoms with van der Waals surface area (Å²) in [6.07, 6.45) is 2.47. The first-order valence-electron chi connectivity index (χ1n) is 7.47. The molecule has 0 fully saturated rings. The molecule has 1 amide bonds. The van der Waals surface area contributed by atoms with Crippen LogP contribution < -0.4 is 4.74 Å². The van der Waals surface area contributed by atoms with E-state index in [1.807, 2.05) is 0 Å². The van der Waals surface area contributed by atoms with Gasteiger partial charge in [-0.1, -0.05) is 12.1 Å². The van der Waals surface area contributed by atoms with Crippen molar-refractivity contribution in [3.63, 3.8) is 0 Å². The lowest BCUT2D eigenvalue weighted by molar-refractivity contribution is -0.130. The maximum absolute atomic E-state index is 13.6. The molecule has 0 aromatic heterocycles. The van der Waals surface area contributed by atoms with Crippen molar-refractivity contribution in [2.24, 2.45) is 0 Å². The van der Waals surface area contributed by atoms with Crippen molar-refractivity contribution in [2.45, 2.75) is 0 Å². The molecule has 6 heteroatoms. The Hall–Kier alpha value is -3.02. The van der Waals surface area contributed by atoms with Crippen LogP contribution in [0.15, 0.2) is 48.5 Å². The molecule has 0 bridgehead atoms. The number of carbonyl (C=O) groups excluding carboxylic acids is 2. The average Bonchev–Trinajstić information content (AvgIpc) is 2.58. The van der Waals surface area contributed by atoms with Crippen LogP contribution in [-0.4, -0.2) is 37.3 Å². The second-order valence-corrected chi connectivity index (χ2v) is 5.47. The quantitative estimate of drug-likeness (QED) is 0.596. The third-order valence-corrected chi connectivity index (χ3v) is 3.36. The smallest absolute Gasteiger partial charge is 0.259 e. The fourth-order valence-electron chi connectivity index (χ4n) is 1.91. The number of ketones is 1. The summed E-state index contributed by atoms with van der Waals surface area (Å²) in [5, 5.41) is 0. The molecule has 0 unspecified atom stereocenters. The van der Waals surface area contributed by atoms with Gasteiger partial charge in [0.05, 0.1) is 0 Å². The Kier molecular flexibility index (Phi) is 6.00. The van der Waals surface area contributed by atoms with Crippen molar-refractivity contribution >= 4 is 17.8 Å². The van der Waals surface area contributed by atoms with E-state index in [2.05, 4.69) is 0 Å². The van der Waals surface area contributed by atoms with E-state index in [9.17, 15) is 18.4 Å². The van der Waals surface area contributed by atoms with Crippen LogP contribution in [0, 0.1) is 11.6 Å². The number of rotatable bonds is 6. The van der Waals surface area contributed by atoms with Gasteiger partial charge in [-0.2, -0.15) is 0 Å². The molecule has 4 nitrogen and oxygen atoms in total. The SMILES string of the molecule is CN(C)C(=O)COc1cccc(C(=O)/C=C/c2ccc(F)cc2F)c1. The number of nitrogens with zero attached hydrogens (tertiary/aromatic N) is 1. The second kappa shape index (κ2) is 8.19. The Bertz CT molecular complexity index is 816. The van der Waals surface area contributed by atoms with Gasteiger partial charge in [0.1, 0.15) is 17.4 Å². The minimum Gasteiger partial charge on any atom is -0.484 e. The molecular formula is C19H17F2NO3. The van der Waals surface area contributed by atoms with Crippen LogP contribution in [0.1, 0.15) is 15.9 Å². The summed E-state index contributed by atoms with van der Waals surface area (Å²) in [6.45, 7) is -0.138. The minimum absolute atomic E-state index is 0.110. The maximum atomic E-state index is 13.6. The normalized spacial score (nSPS) is 10.7. The molecule has 2 aromatic rings. The Morgan fingerprint density at radius 3 is 2.56 bits per heavy atom. The molecule has 0 saturated heterocycles. The van der Waals surface area contributed by atoms with Gasteiger partial charge in [-0.15, -0.1) is 0 Å². The molecule has 0 aliphatic heterocycles. The van der Waals surface area contributed by atoms with Crippen LogP contribution in [-0.2, 0) is 4.79 Å². The number of benzene rings is 2. The summed E-state index contributed by atoms with van der Waals surface area (Å²) in [4.78, 5) is 25.1. The standard InChI is InChI=1S/C19H17F2NO3/c1-22(2)19(24)12-25-16-5-3-4-14(10-16)18(23)9-7-13-6-8-15(20)11-17(13)21/h3-11H,12H2,1-2H3/b9-7+. The van der Waals surface area contributed by atoms with Crippen LogP contribution in [0.4, 0.5) is 8.78 Å². The highest BCUT2D eigenvalue weighted by Gasteiger charge is 2.08. The summed E-state index contributed by atoms with van der Waals surface area (Å²) in [7, 11) is 3.23. The number of hydrogen-bond acceptors (Lipinski definition) is 3. The second-order valence-electron chi connectivity index (χ2n) is 5.47. The largest absolute Gasteiger partial charge is 0.484 e. The Morgan fingerprint density at radius 2 is 1.88 bits per heavy atom. The molecule has 0 spiro atoms. The predicted octanol–water partition coefficient (Wildman–Crippen LogP) is 3.33. The van der Waals surface area contributed by atoms with Crippen LogP contribution in [0.2, 0.25) is 0 Å². The molecule has 0 aliphatic rings. The Labute approximate surface area is 144 Å². The summed E-state index contributed by atoms with van der Waals surface area (Å²) in [6, 6.07) is 9.44. The lowest BCUT2D eigenvalue weighted by atomic mass is 10.1. The van der Waals surface area contributed by atoms with Crippen molar-refractivity contribution in [3.8, 4) is 5.75 Å². The van der Waals surface area contributed by atoms with Crippen molar-refractivity contribution in [3.05, 3.63) is 71.3 Å². The molecule has 130 valence electrons. The molecule has 0 aliphatic carbocycles. The van der Waals surface area contributed by atoms with Gasteiger partial charge in [-0.25, -0.2) is 8.78 Å². The summed E-state index contributed by atoms with van der Waals surface area (Å²) in [5.74, 6) is -1.62. The van der Waals surface area contributed by atoms with Crippen LogP contribution in [0.25, 0.3) is 6.08 Å². The van der Waals surface area contributed by atoms with Crippen LogP contribution >= 0.6 is 0 Å². The van der Waals surface area contributed by atoms with Crippen molar-refractivity contribution < 1.29 is 23.1 Å². The summed E-state index contributed by atoms with van der Waals surface area (Å²) >= 11 is 0. The number of hydrogen-bond donors (Lipinski definition) is 0. The van der Waals surface area contributed by atoms with E-state index in [1.54, 1.807) is 32.3 Å². The number of ether oxygens (including phenoxy) is 1. The third kappa shape index (κ3) is 5.24. The third-order valence-electron chi connectivity index (χ3n) is 3.36. The molecule has 25 heavy (non-hydrogen) atoms. The topological polar surface area (TPSA) is 46.6 Å². The molecule has 0 radical (unpaired) electrons. The number of halogens is 2. The van der Waals surface area contributed by atoms with Gasteiger partial charge in [-0.05, 0) is 36.4 Å². The number of likely N-dealkylation sites (N-methyl/N-ethyl adjacent to an activating group) is 1. The Morgan fingerprint density at radius 1 is 1.12 bits per heavy atom. The van der Waals surface area contributed by atoms with Gasteiger partial charge < -0.3 is 9.64 Å². The predicted molar refractivity (Wildman–Crippen MR) is 90.4 cm³/mol. The van der Waals surface area contributed by atoms with E-state index in [1.165, 1.54) is 29.2 Å². The van der Waals surface area contributed by atoms with E-state index in [-0.39, 0.29) is 23.9 Å². The van der Waals surface area contributed by atoms with Gasteiger partial charge in [-0.3, -0.25) is 9.59 Å². The first-order valence-corrected chi connectivity index (χ1v) is 7.47. The average molecular weight is 345 g/mol. The van der Waals surface area contributed by atoms with Gasteiger partial charge in [0.15, 0.2) is 12.4 Å². The van der Waals surface area contributed by atoms with E-state index < -0.39 is 11.6 Å². The van der Waals surface area contributed by atoms with Crippen molar-refractivity contribution in [1.82, 2.24) is 4.90 Å². The molecular weight excluding hydrogens is 328 g/mol. The lowest BCUT2D eigenvalue weighted by Gasteiger charge is -2.11. The molecule has 2 aromatic carbocycles. The van der Waals surface area contributed by atoms with E-state index in [0.717, 1.165) is 12.1 Å². The number of allylic oxidation sites excluding steroid dienone is 1. The van der Waals surface area contributed by atoms with Gasteiger partial charge in [0.2, 0.25) is 0 Å². The van der Waals surface area contributed by atoms with Crippen molar-refractivity contribution in [1.29, 1.82) is 0 Å². The molecule has 0 atom stereocenters. The molecule has 0 heterocycles. The monoisotopic (exact) mass is 345 g/mol. The first-order chi connectivity index (χ1) is 11.9. The lowest BCUT2D eigenvalue weighted by Crippen LogP contribution is -2.27. The maximum Gasteiger partial charge on any atom is 0.259 e. The highest BCUT2D eigenvalue weighted by Crippen LogP contribution is 2.16. The van der Waals surface area contributed by atoms with Gasteiger partial charge in [0, 0.05) is 31.3 Å². The van der Waals surface area contributed by atoms with Gasteiger partial charge in [0.25, 0.3) is 5.91 Å². The fourth-order valence-corrected chi connectivity index (χ4v) is 1.91. The van der Waals surface area contributed by atoms with Gasteiger partial charge >= 0.3 is 0 Å². The van der Waals surface area contributed by atoms with Crippen molar-refractivity contribution in [2.75, 3.05) is 20.7 Å². The Balaban J connectivity index is 2.07. The molecule has 0 saturated carbocycles. The minimum atomic E-state index is -0.747. The number of carbonyl (C=O) groups is 2. The van der Waals surface area contributed by atoms with E-state index >= 15 is 0 Å². The zero-order chi connectivity index (χ0) is 18.4. The van der Waals surface area contributed by atoms with E-state index in [4.69, 9.17) is 4.74 Å². The zero-order valence-corrected chi connectivity index (χ0v) is 13.8. The first kappa shape index (κ1) is 18.3. The molecule has 0 N–H and O–H groups in total. The molecule has 2 rings (SSSR count). The zero-order valence-electron chi connectivity index (χ0n) is 13.8. The van der Waals surface area contributed by atoms with Crippen LogP contribution in [0.5, 0.6) is 5.75 Å².